The van der Waals surface area contributed by atoms with E-state index in [0.717, 1.165) is 19.3 Å². The van der Waals surface area contributed by atoms with Crippen molar-refractivity contribution in [3.8, 4) is 0 Å². The van der Waals surface area contributed by atoms with Crippen LogP contribution >= 0.6 is 22.6 Å². The van der Waals surface area contributed by atoms with Gasteiger partial charge in [-0.05, 0) is 19.3 Å². The van der Waals surface area contributed by atoms with Gasteiger partial charge in [0.1, 0.15) is 0 Å². The monoisotopic (exact) mass is 270 g/mol. The van der Waals surface area contributed by atoms with Crippen LogP contribution in [-0.4, -0.2) is 16.9 Å². The second-order valence-electron chi connectivity index (χ2n) is 3.59. The zero-order valence-electron chi connectivity index (χ0n) is 6.41. The van der Waals surface area contributed by atoms with E-state index in [4.69, 9.17) is 4.74 Å². The second-order valence-corrected chi connectivity index (χ2v) is 4.36. The minimum absolute atomic E-state index is 0.0752. The van der Waals surface area contributed by atoms with Gasteiger partial charge in [0.05, 0.1) is 11.0 Å². The molecule has 1 aliphatic heterocycles. The molecule has 1 unspecified atom stereocenters. The highest BCUT2D eigenvalue weighted by Gasteiger charge is 2.59. The van der Waals surface area contributed by atoms with Crippen LogP contribution in [0.1, 0.15) is 25.7 Å². The molecule has 1 nitrogen and oxygen atoms in total. The summed E-state index contributed by atoms with van der Waals surface area (Å²) >= 11 is 2.09. The number of halogens is 2. The molecule has 2 rings (SSSR count). The highest BCUT2D eigenvalue weighted by Crippen LogP contribution is 2.58. The lowest BCUT2D eigenvalue weighted by molar-refractivity contribution is -0.172. The molecule has 0 aromatic carbocycles. The fourth-order valence-corrected chi connectivity index (χ4v) is 3.18. The first kappa shape index (κ1) is 8.23. The van der Waals surface area contributed by atoms with Crippen molar-refractivity contribution in [2.75, 3.05) is 11.0 Å². The minimum Gasteiger partial charge on any atom is -0.345 e. The van der Waals surface area contributed by atoms with Gasteiger partial charge in [-0.15, -0.1) is 0 Å². The maximum Gasteiger partial charge on any atom is 0.223 e. The molecule has 1 heterocycles. The normalized spacial score (nSPS) is 40.9. The van der Waals surface area contributed by atoms with Crippen LogP contribution in [0, 0.1) is 5.41 Å². The Balaban J connectivity index is 2.19. The first-order valence-corrected chi connectivity index (χ1v) is 5.64. The lowest BCUT2D eigenvalue weighted by Gasteiger charge is -2.44. The van der Waals surface area contributed by atoms with Crippen molar-refractivity contribution in [2.24, 2.45) is 5.41 Å². The Bertz CT molecular complexity index is 160. The smallest absolute Gasteiger partial charge is 0.223 e. The van der Waals surface area contributed by atoms with Crippen molar-refractivity contribution in [3.63, 3.8) is 0 Å². The molecule has 1 aliphatic carbocycles. The molecular formula is C8H12FIO. The third-order valence-electron chi connectivity index (χ3n) is 3.19. The Kier molecular flexibility index (Phi) is 1.91. The van der Waals surface area contributed by atoms with Crippen molar-refractivity contribution < 1.29 is 9.13 Å². The fourth-order valence-electron chi connectivity index (χ4n) is 2.16. The summed E-state index contributed by atoms with van der Waals surface area (Å²) < 4.78 is 19.6. The van der Waals surface area contributed by atoms with E-state index in [1.54, 1.807) is 0 Å². The maximum atomic E-state index is 13.9. The van der Waals surface area contributed by atoms with Gasteiger partial charge in [-0.1, -0.05) is 29.0 Å². The average molecular weight is 270 g/mol. The summed E-state index contributed by atoms with van der Waals surface area (Å²) in [6.07, 6.45) is 4.19. The van der Waals surface area contributed by atoms with Crippen LogP contribution in [0.15, 0.2) is 0 Å². The average Bonchev–Trinajstić information content (AvgIpc) is 2.27. The van der Waals surface area contributed by atoms with Gasteiger partial charge in [0.25, 0.3) is 0 Å². The quantitative estimate of drug-likeness (QED) is 0.526. The zero-order valence-corrected chi connectivity index (χ0v) is 8.56. The summed E-state index contributed by atoms with van der Waals surface area (Å²) in [5.41, 5.74) is -0.0752. The molecular weight excluding hydrogens is 258 g/mol. The van der Waals surface area contributed by atoms with Crippen LogP contribution in [-0.2, 0) is 4.74 Å². The first-order chi connectivity index (χ1) is 5.22. The third-order valence-corrected chi connectivity index (χ3v) is 4.17. The molecule has 11 heavy (non-hydrogen) atoms. The Morgan fingerprint density at radius 3 is 2.45 bits per heavy atom. The molecule has 3 heteroatoms. The van der Waals surface area contributed by atoms with Crippen LogP contribution in [0.3, 0.4) is 0 Å². The predicted molar refractivity (Wildman–Crippen MR) is 49.6 cm³/mol. The van der Waals surface area contributed by atoms with E-state index in [-0.39, 0.29) is 5.41 Å². The SMILES string of the molecule is FC1(CI)OCCC12CCC2. The van der Waals surface area contributed by atoms with Gasteiger partial charge >= 0.3 is 0 Å². The molecule has 0 aromatic rings. The lowest BCUT2D eigenvalue weighted by atomic mass is 9.64. The molecule has 0 bridgehead atoms. The molecule has 2 fully saturated rings. The van der Waals surface area contributed by atoms with E-state index in [1.165, 1.54) is 6.42 Å². The van der Waals surface area contributed by atoms with E-state index in [0.29, 0.717) is 11.0 Å². The first-order valence-electron chi connectivity index (χ1n) is 4.11. The number of hydrogen-bond donors (Lipinski definition) is 0. The molecule has 1 spiro atoms. The Morgan fingerprint density at radius 2 is 2.09 bits per heavy atom. The van der Waals surface area contributed by atoms with E-state index >= 15 is 0 Å². The van der Waals surface area contributed by atoms with Gasteiger partial charge in [-0.3, -0.25) is 0 Å². The van der Waals surface area contributed by atoms with Crippen molar-refractivity contribution in [1.29, 1.82) is 0 Å². The summed E-state index contributed by atoms with van der Waals surface area (Å²) in [6, 6.07) is 0. The van der Waals surface area contributed by atoms with E-state index in [2.05, 4.69) is 22.6 Å². The molecule has 0 amide bonds. The molecule has 0 radical (unpaired) electrons. The number of rotatable bonds is 1. The molecule has 0 N–H and O–H groups in total. The topological polar surface area (TPSA) is 9.23 Å². The van der Waals surface area contributed by atoms with Gasteiger partial charge in [-0.25, -0.2) is 4.39 Å². The summed E-state index contributed by atoms with van der Waals surface area (Å²) in [5.74, 6) is -1.29. The van der Waals surface area contributed by atoms with Crippen molar-refractivity contribution in [2.45, 2.75) is 31.5 Å². The summed E-state index contributed by atoms with van der Waals surface area (Å²) in [7, 11) is 0. The van der Waals surface area contributed by atoms with Crippen LogP contribution < -0.4 is 0 Å². The highest BCUT2D eigenvalue weighted by molar-refractivity contribution is 14.1. The van der Waals surface area contributed by atoms with Gasteiger partial charge in [0, 0.05) is 5.41 Å². The van der Waals surface area contributed by atoms with Gasteiger partial charge in [-0.2, -0.15) is 0 Å². The second kappa shape index (κ2) is 2.55. The third kappa shape index (κ3) is 0.963. The lowest BCUT2D eigenvalue weighted by Crippen LogP contribution is -2.47. The van der Waals surface area contributed by atoms with Crippen molar-refractivity contribution >= 4 is 22.6 Å². The number of ether oxygens (including phenoxy) is 1. The maximum absolute atomic E-state index is 13.9. The minimum atomic E-state index is -1.29. The van der Waals surface area contributed by atoms with Crippen molar-refractivity contribution in [1.82, 2.24) is 0 Å². The molecule has 1 saturated carbocycles. The number of alkyl halides is 2. The fraction of sp³-hybridized carbons (Fsp3) is 1.00. The summed E-state index contributed by atoms with van der Waals surface area (Å²) in [5, 5.41) is 0. The van der Waals surface area contributed by atoms with Crippen LogP contribution in [0.2, 0.25) is 0 Å². The van der Waals surface area contributed by atoms with Crippen LogP contribution in [0.25, 0.3) is 0 Å². The van der Waals surface area contributed by atoms with E-state index in [1.807, 2.05) is 0 Å². The molecule has 2 aliphatic rings. The Morgan fingerprint density at radius 1 is 1.36 bits per heavy atom. The van der Waals surface area contributed by atoms with E-state index in [9.17, 15) is 4.39 Å². The van der Waals surface area contributed by atoms with Gasteiger partial charge < -0.3 is 4.74 Å². The van der Waals surface area contributed by atoms with Gasteiger partial charge in [0.2, 0.25) is 5.85 Å². The largest absolute Gasteiger partial charge is 0.345 e. The summed E-state index contributed by atoms with van der Waals surface area (Å²) in [4.78, 5) is 0. The predicted octanol–water partition coefficient (Wildman–Crippen LogP) is 2.68. The summed E-state index contributed by atoms with van der Waals surface area (Å²) in [6.45, 7) is 0.625. The van der Waals surface area contributed by atoms with Crippen LogP contribution in [0.4, 0.5) is 4.39 Å². The van der Waals surface area contributed by atoms with Crippen LogP contribution in [0.5, 0.6) is 0 Å². The molecule has 0 aromatic heterocycles. The molecule has 1 saturated heterocycles. The van der Waals surface area contributed by atoms with Gasteiger partial charge in [0.15, 0.2) is 0 Å². The number of hydrogen-bond acceptors (Lipinski definition) is 1. The molecule has 1 atom stereocenters. The highest BCUT2D eigenvalue weighted by atomic mass is 127. The standard InChI is InChI=1S/C8H12FIO/c9-8(6-10)7(2-1-3-7)4-5-11-8/h1-6H2. The Labute approximate surface area is 79.8 Å². The zero-order chi connectivity index (χ0) is 7.95. The van der Waals surface area contributed by atoms with E-state index < -0.39 is 5.85 Å². The Hall–Kier alpha value is 0.620. The molecule has 64 valence electrons. The van der Waals surface area contributed by atoms with Crippen molar-refractivity contribution in [3.05, 3.63) is 0 Å².